The Morgan fingerprint density at radius 3 is 2.47 bits per heavy atom. The molecule has 2 atom stereocenters. The highest BCUT2D eigenvalue weighted by molar-refractivity contribution is 6.31. The van der Waals surface area contributed by atoms with Crippen molar-refractivity contribution in [2.24, 2.45) is 0 Å². The Bertz CT molecular complexity index is 1320. The first-order chi connectivity index (χ1) is 18.3. The van der Waals surface area contributed by atoms with E-state index in [9.17, 15) is 9.59 Å². The second-order valence-corrected chi connectivity index (χ2v) is 10.5. The molecule has 6 nitrogen and oxygen atoms in total. The summed E-state index contributed by atoms with van der Waals surface area (Å²) in [7, 11) is 3.14. The van der Waals surface area contributed by atoms with Gasteiger partial charge in [-0.3, -0.25) is 4.79 Å². The molecule has 2 aromatic carbocycles. The van der Waals surface area contributed by atoms with Gasteiger partial charge in [-0.25, -0.2) is 9.18 Å². The minimum absolute atomic E-state index is 0.124. The van der Waals surface area contributed by atoms with Gasteiger partial charge in [-0.2, -0.15) is 0 Å². The number of ether oxygens (including phenoxy) is 3. The molecule has 5 rings (SSSR count). The third kappa shape index (κ3) is 4.80. The first-order valence-electron chi connectivity index (χ1n) is 12.9. The number of hydrogen-bond acceptors (Lipinski definition) is 6. The minimum atomic E-state index is -0.951. The molecule has 1 fully saturated rings. The Labute approximate surface area is 226 Å². The predicted octanol–water partition coefficient (Wildman–Crippen LogP) is 6.34. The van der Waals surface area contributed by atoms with E-state index in [4.69, 9.17) is 25.8 Å². The Kier molecular flexibility index (Phi) is 7.48. The highest BCUT2D eigenvalue weighted by atomic mass is 35.5. The molecule has 0 radical (unpaired) electrons. The summed E-state index contributed by atoms with van der Waals surface area (Å²) < 4.78 is 32.0. The Morgan fingerprint density at radius 1 is 1.05 bits per heavy atom. The Morgan fingerprint density at radius 2 is 1.79 bits per heavy atom. The second kappa shape index (κ2) is 10.8. The number of Topliss-reactive ketones (excluding diaryl/α,β-unsaturated/α-hetero) is 1. The van der Waals surface area contributed by atoms with E-state index in [1.165, 1.54) is 12.1 Å². The van der Waals surface area contributed by atoms with Crippen LogP contribution < -0.4 is 14.8 Å². The van der Waals surface area contributed by atoms with Crippen molar-refractivity contribution >= 4 is 23.4 Å². The first-order valence-corrected chi connectivity index (χ1v) is 13.3. The molecule has 0 aromatic heterocycles. The van der Waals surface area contributed by atoms with Crippen LogP contribution in [-0.4, -0.2) is 32.1 Å². The molecule has 8 heteroatoms. The maximum Gasteiger partial charge on any atom is 0.337 e. The summed E-state index contributed by atoms with van der Waals surface area (Å²) in [6.45, 7) is 1.77. The fourth-order valence-electron chi connectivity index (χ4n) is 5.95. The molecule has 0 spiro atoms. The van der Waals surface area contributed by atoms with Crippen molar-refractivity contribution in [2.75, 3.05) is 14.2 Å². The van der Waals surface area contributed by atoms with Gasteiger partial charge in [-0.1, -0.05) is 23.7 Å². The van der Waals surface area contributed by atoms with Crippen molar-refractivity contribution in [2.45, 2.75) is 63.4 Å². The van der Waals surface area contributed by atoms with Crippen molar-refractivity contribution in [1.82, 2.24) is 5.32 Å². The van der Waals surface area contributed by atoms with E-state index in [2.05, 4.69) is 5.32 Å². The Balaban J connectivity index is 1.57. The molecule has 0 unspecified atom stereocenters. The molecule has 0 saturated heterocycles. The van der Waals surface area contributed by atoms with Crippen LogP contribution >= 0.6 is 11.6 Å². The summed E-state index contributed by atoms with van der Waals surface area (Å²) in [5.41, 5.74) is 2.87. The number of allylic oxidation sites excluding steroid dienone is 3. The second-order valence-electron chi connectivity index (χ2n) is 10.1. The standard InChI is InChI=1S/C30H31ClFNO5/c1-16-26(30(35)38-19-7-4-5-8-19)29(27-20(31)9-6-10-21(27)32)28-22(33-16)13-18(14-23(28)34)17-11-12-24(36-2)25(15-17)37-3/h6,9-12,15,18-19,29,33H,4-5,7-8,13-14H2,1-3H3/t18-,29-/m0/s1. The van der Waals surface area contributed by atoms with Gasteiger partial charge < -0.3 is 19.5 Å². The van der Waals surface area contributed by atoms with E-state index in [0.717, 1.165) is 31.2 Å². The SMILES string of the molecule is COc1ccc([C@@H]2CC(=O)C3=C(C2)NC(C)=C(C(=O)OC2CCCC2)[C@H]3c2c(F)cccc2Cl)cc1OC. The number of nitrogens with one attached hydrogen (secondary N) is 1. The van der Waals surface area contributed by atoms with Crippen LogP contribution in [0.2, 0.25) is 5.02 Å². The zero-order chi connectivity index (χ0) is 27.0. The van der Waals surface area contributed by atoms with Gasteiger partial charge in [0.05, 0.1) is 25.7 Å². The molecule has 1 heterocycles. The van der Waals surface area contributed by atoms with Gasteiger partial charge in [-0.15, -0.1) is 0 Å². The molecule has 0 bridgehead atoms. The summed E-state index contributed by atoms with van der Waals surface area (Å²) in [4.78, 5) is 27.3. The van der Waals surface area contributed by atoms with Crippen LogP contribution in [0.1, 0.15) is 68.4 Å². The van der Waals surface area contributed by atoms with E-state index >= 15 is 4.39 Å². The number of rotatable bonds is 6. The third-order valence-corrected chi connectivity index (χ3v) is 8.12. The monoisotopic (exact) mass is 539 g/mol. The average Bonchev–Trinajstić information content (AvgIpc) is 3.40. The number of dihydropyridines is 1. The lowest BCUT2D eigenvalue weighted by Crippen LogP contribution is -2.37. The van der Waals surface area contributed by atoms with Gasteiger partial charge in [0.2, 0.25) is 0 Å². The van der Waals surface area contributed by atoms with Crippen LogP contribution in [0.3, 0.4) is 0 Å². The van der Waals surface area contributed by atoms with E-state index in [-0.39, 0.29) is 40.4 Å². The number of carbonyl (C=O) groups excluding carboxylic acids is 2. The van der Waals surface area contributed by atoms with E-state index in [1.807, 2.05) is 18.2 Å². The number of esters is 1. The zero-order valence-corrected chi connectivity index (χ0v) is 22.5. The van der Waals surface area contributed by atoms with Gasteiger partial charge >= 0.3 is 5.97 Å². The molecule has 2 aromatic rings. The van der Waals surface area contributed by atoms with Gasteiger partial charge in [0.1, 0.15) is 11.9 Å². The van der Waals surface area contributed by atoms with Gasteiger partial charge in [0.25, 0.3) is 0 Å². The number of hydrogen-bond donors (Lipinski definition) is 1. The van der Waals surface area contributed by atoms with Crippen LogP contribution in [0.15, 0.2) is 58.9 Å². The summed E-state index contributed by atoms with van der Waals surface area (Å²) in [6, 6.07) is 10.0. The number of carbonyl (C=O) groups is 2. The van der Waals surface area contributed by atoms with E-state index < -0.39 is 17.7 Å². The summed E-state index contributed by atoms with van der Waals surface area (Å²) >= 11 is 6.52. The van der Waals surface area contributed by atoms with E-state index in [1.54, 1.807) is 27.2 Å². The number of ketones is 1. The summed E-state index contributed by atoms with van der Waals surface area (Å²) in [5.74, 6) is -1.16. The van der Waals surface area contributed by atoms with Crippen LogP contribution in [-0.2, 0) is 14.3 Å². The molecule has 38 heavy (non-hydrogen) atoms. The number of benzene rings is 2. The molecular formula is C30H31ClFNO5. The first kappa shape index (κ1) is 26.3. The molecule has 0 amide bonds. The quantitative estimate of drug-likeness (QED) is 0.432. The van der Waals surface area contributed by atoms with Crippen LogP contribution in [0, 0.1) is 5.82 Å². The molecule has 200 valence electrons. The van der Waals surface area contributed by atoms with Gasteiger partial charge in [0.15, 0.2) is 17.3 Å². The Hall–Kier alpha value is -3.32. The van der Waals surface area contributed by atoms with Crippen molar-refractivity contribution < 1.29 is 28.2 Å². The zero-order valence-electron chi connectivity index (χ0n) is 21.7. The predicted molar refractivity (Wildman–Crippen MR) is 142 cm³/mol. The largest absolute Gasteiger partial charge is 0.493 e. The van der Waals surface area contributed by atoms with Crippen molar-refractivity contribution in [3.8, 4) is 11.5 Å². The van der Waals surface area contributed by atoms with Crippen molar-refractivity contribution in [1.29, 1.82) is 0 Å². The maximum atomic E-state index is 15.3. The molecule has 1 saturated carbocycles. The molecule has 2 aliphatic carbocycles. The molecule has 1 N–H and O–H groups in total. The average molecular weight is 540 g/mol. The van der Waals surface area contributed by atoms with Gasteiger partial charge in [-0.05, 0) is 74.8 Å². The fourth-order valence-corrected chi connectivity index (χ4v) is 6.22. The fraction of sp³-hybridized carbons (Fsp3) is 0.400. The highest BCUT2D eigenvalue weighted by Crippen LogP contribution is 2.48. The lowest BCUT2D eigenvalue weighted by atomic mass is 9.71. The molecular weight excluding hydrogens is 509 g/mol. The smallest absolute Gasteiger partial charge is 0.337 e. The van der Waals surface area contributed by atoms with Crippen LogP contribution in [0.5, 0.6) is 11.5 Å². The van der Waals surface area contributed by atoms with Crippen molar-refractivity contribution in [3.05, 3.63) is 80.9 Å². The topological polar surface area (TPSA) is 73.9 Å². The number of methoxy groups -OCH3 is 2. The molecule has 1 aliphatic heterocycles. The summed E-state index contributed by atoms with van der Waals surface area (Å²) in [5, 5.41) is 3.47. The van der Waals surface area contributed by atoms with Crippen LogP contribution in [0.4, 0.5) is 4.39 Å². The minimum Gasteiger partial charge on any atom is -0.493 e. The number of halogens is 2. The third-order valence-electron chi connectivity index (χ3n) is 7.79. The van der Waals surface area contributed by atoms with E-state index in [0.29, 0.717) is 34.9 Å². The maximum absolute atomic E-state index is 15.3. The lowest BCUT2D eigenvalue weighted by molar-refractivity contribution is -0.144. The van der Waals surface area contributed by atoms with Crippen molar-refractivity contribution in [3.63, 3.8) is 0 Å². The summed E-state index contributed by atoms with van der Waals surface area (Å²) in [6.07, 6.45) is 4.13. The normalized spacial score (nSPS) is 21.8. The van der Waals surface area contributed by atoms with Crippen LogP contribution in [0.25, 0.3) is 0 Å². The molecule has 3 aliphatic rings. The highest BCUT2D eigenvalue weighted by Gasteiger charge is 2.43. The van der Waals surface area contributed by atoms with Gasteiger partial charge in [0, 0.05) is 34.0 Å². The lowest BCUT2D eigenvalue weighted by Gasteiger charge is -2.37.